The van der Waals surface area contributed by atoms with Crippen LogP contribution in [0.25, 0.3) is 11.4 Å². The highest BCUT2D eigenvalue weighted by atomic mass is 19.1. The zero-order valence-electron chi connectivity index (χ0n) is 30.4. The molecule has 6 rings (SSSR count). The van der Waals surface area contributed by atoms with E-state index in [1.54, 1.807) is 6.07 Å². The number of aromatic carboxylic acids is 1. The third kappa shape index (κ3) is 13.1. The van der Waals surface area contributed by atoms with E-state index in [2.05, 4.69) is 13.9 Å². The number of anilines is 1. The molecule has 0 aliphatic heterocycles. The number of esters is 2. The van der Waals surface area contributed by atoms with Crippen LogP contribution in [-0.2, 0) is 9.47 Å². The fourth-order valence-electron chi connectivity index (χ4n) is 4.12. The van der Waals surface area contributed by atoms with Gasteiger partial charge in [0.25, 0.3) is 11.1 Å². The van der Waals surface area contributed by atoms with E-state index in [4.69, 9.17) is 12.2 Å². The Morgan fingerprint density at radius 1 is 0.643 bits per heavy atom. The lowest BCUT2D eigenvalue weighted by atomic mass is 10.2. The lowest BCUT2D eigenvalue weighted by molar-refractivity contribution is 0.0587. The zero-order valence-corrected chi connectivity index (χ0v) is 29.4. The van der Waals surface area contributed by atoms with Gasteiger partial charge in [-0.25, -0.2) is 32.3 Å². The number of rotatable bonds is 5. The molecule has 0 unspecified atom stereocenters. The first kappa shape index (κ1) is 42.8. The third-order valence-corrected chi connectivity index (χ3v) is 6.75. The minimum absolute atomic E-state index is 0.0654. The number of alkyl halides is 1. The average molecular weight is 781 g/mol. The average Bonchev–Trinajstić information content (AvgIpc) is 3.20. The summed E-state index contributed by atoms with van der Waals surface area (Å²) < 4.78 is 68.7. The van der Waals surface area contributed by atoms with Crippen LogP contribution in [0.4, 0.5) is 23.2 Å². The molecule has 0 amide bonds. The van der Waals surface area contributed by atoms with Crippen molar-refractivity contribution in [3.8, 4) is 11.4 Å². The SMILES string of the molecule is COC(=O)c1cccn(-c2ccc(F)cc2)c1=O.COC(=O)c1cccoc1=O.Nc1ccc(F)cc1.O=C(O)c1cccn(-c2ccc(F)cc2)c1=O.[2H]CF. The number of hydrogen-bond donors (Lipinski definition) is 2. The van der Waals surface area contributed by atoms with E-state index in [1.807, 2.05) is 0 Å². The molecule has 13 nitrogen and oxygen atoms in total. The summed E-state index contributed by atoms with van der Waals surface area (Å²) in [5.41, 5.74) is 4.44. The van der Waals surface area contributed by atoms with Crippen molar-refractivity contribution in [3.63, 3.8) is 0 Å². The lowest BCUT2D eigenvalue weighted by Gasteiger charge is -2.06. The Morgan fingerprint density at radius 2 is 1.02 bits per heavy atom. The molecular formula is C39H33F4N3O10. The molecule has 0 radical (unpaired) electrons. The van der Waals surface area contributed by atoms with Crippen molar-refractivity contribution in [2.24, 2.45) is 0 Å². The van der Waals surface area contributed by atoms with Crippen LogP contribution in [-0.4, -0.2) is 53.5 Å². The second-order valence-corrected chi connectivity index (χ2v) is 10.3. The number of hydrogen-bond acceptors (Lipinski definition) is 10. The summed E-state index contributed by atoms with van der Waals surface area (Å²) in [6.07, 6.45) is 4.14. The van der Waals surface area contributed by atoms with Gasteiger partial charge >= 0.3 is 23.5 Å². The highest BCUT2D eigenvalue weighted by Crippen LogP contribution is 2.09. The molecule has 0 spiro atoms. The molecule has 3 heterocycles. The number of aromatic nitrogens is 2. The lowest BCUT2D eigenvalue weighted by Crippen LogP contribution is -2.25. The van der Waals surface area contributed by atoms with Gasteiger partial charge in [0.05, 0.1) is 29.0 Å². The number of carboxylic acids is 1. The topological polar surface area (TPSA) is 190 Å². The fraction of sp³-hybridized carbons (Fsp3) is 0.0769. The van der Waals surface area contributed by atoms with Crippen LogP contribution in [0.5, 0.6) is 0 Å². The molecule has 3 aromatic heterocycles. The molecule has 3 N–H and O–H groups in total. The van der Waals surface area contributed by atoms with Gasteiger partial charge in [-0.2, -0.15) is 0 Å². The minimum atomic E-state index is -1.29. The Hall–Kier alpha value is -7.56. The summed E-state index contributed by atoms with van der Waals surface area (Å²) >= 11 is 0. The number of nitrogens with zero attached hydrogens (tertiary/aromatic N) is 2. The first-order valence-electron chi connectivity index (χ1n) is 16.2. The number of carboxylic acid groups (broad SMARTS) is 1. The van der Waals surface area contributed by atoms with Crippen molar-refractivity contribution in [1.29, 1.82) is 0 Å². The van der Waals surface area contributed by atoms with E-state index in [9.17, 15) is 46.3 Å². The summed E-state index contributed by atoms with van der Waals surface area (Å²) in [7, 11) is 1.41. The van der Waals surface area contributed by atoms with Crippen LogP contribution in [0.3, 0.4) is 0 Å². The van der Waals surface area contributed by atoms with Gasteiger partial charge in [-0.3, -0.25) is 23.1 Å². The van der Waals surface area contributed by atoms with Gasteiger partial charge in [-0.05, 0) is 109 Å². The Balaban J connectivity index is 0.000000266. The van der Waals surface area contributed by atoms with Crippen molar-refractivity contribution in [2.75, 3.05) is 27.1 Å². The second-order valence-electron chi connectivity index (χ2n) is 10.3. The summed E-state index contributed by atoms with van der Waals surface area (Å²) in [5.74, 6) is -3.73. The molecule has 0 fully saturated rings. The molecule has 6 aromatic rings. The summed E-state index contributed by atoms with van der Waals surface area (Å²) in [6.45, 7) is 0. The maximum absolute atomic E-state index is 12.8. The second kappa shape index (κ2) is 22.5. The first-order chi connectivity index (χ1) is 27.2. The number of nitrogens with two attached hydrogens (primary N) is 1. The maximum atomic E-state index is 12.8. The van der Waals surface area contributed by atoms with Crippen molar-refractivity contribution < 1.29 is 52.3 Å². The summed E-state index contributed by atoms with van der Waals surface area (Å²) in [5, 5.41) is 8.81. The van der Waals surface area contributed by atoms with Crippen molar-refractivity contribution in [3.05, 3.63) is 193 Å². The van der Waals surface area contributed by atoms with Crippen molar-refractivity contribution in [2.45, 2.75) is 0 Å². The molecule has 0 saturated heterocycles. The highest BCUT2D eigenvalue weighted by Gasteiger charge is 2.13. The molecular weight excluding hydrogens is 746 g/mol. The predicted octanol–water partition coefficient (Wildman–Crippen LogP) is 5.86. The smallest absolute Gasteiger partial charge is 0.350 e. The van der Waals surface area contributed by atoms with Gasteiger partial charge in [0.1, 0.15) is 34.1 Å². The zero-order chi connectivity index (χ0) is 42.5. The maximum Gasteiger partial charge on any atom is 0.350 e. The molecule has 0 atom stereocenters. The van der Waals surface area contributed by atoms with Crippen LogP contribution in [0.2, 0.25) is 0 Å². The standard InChI is InChI=1S/C13H10FNO3.C12H8FNO3.C7H6O4.C6H6FN.CH3F/c1-18-13(17)11-3-2-8-15(12(11)16)10-6-4-9(14)5-7-10;13-8-3-5-9(6-4-8)14-7-1-2-10(11(14)15)12(16)17;1-10-6(8)5-3-2-4-11-7(5)9;7-5-1-3-6(8)4-2-5;1-2/h2-8H,1H3;1-7H,(H,16,17);2-4H,1H3;1-4H,8H2;1H3/i;;;;1D. The van der Waals surface area contributed by atoms with Crippen LogP contribution in [0.15, 0.2) is 147 Å². The number of halogens is 4. The van der Waals surface area contributed by atoms with E-state index in [-0.39, 0.29) is 22.5 Å². The van der Waals surface area contributed by atoms with E-state index in [0.29, 0.717) is 17.1 Å². The number of pyridine rings is 2. The number of ether oxygens (including phenoxy) is 2. The predicted molar refractivity (Wildman–Crippen MR) is 196 cm³/mol. The summed E-state index contributed by atoms with van der Waals surface area (Å²) in [4.78, 5) is 67.5. The van der Waals surface area contributed by atoms with Crippen LogP contribution in [0, 0.1) is 17.5 Å². The molecule has 3 aromatic carbocycles. The number of benzene rings is 3. The largest absolute Gasteiger partial charge is 0.477 e. The Morgan fingerprint density at radius 3 is 1.41 bits per heavy atom. The number of carbonyl (C=O) groups excluding carboxylic acids is 2. The normalized spacial score (nSPS) is 9.79. The number of methoxy groups -OCH3 is 2. The van der Waals surface area contributed by atoms with Gasteiger partial charge in [0.2, 0.25) is 0 Å². The minimum Gasteiger partial charge on any atom is -0.477 e. The number of nitrogen functional groups attached to an aromatic ring is 1. The number of carbonyl (C=O) groups is 3. The molecule has 17 heteroatoms. The molecule has 292 valence electrons. The highest BCUT2D eigenvalue weighted by molar-refractivity contribution is 5.89. The fourth-order valence-corrected chi connectivity index (χ4v) is 4.12. The van der Waals surface area contributed by atoms with E-state index in [0.717, 1.165) is 4.57 Å². The molecule has 56 heavy (non-hydrogen) atoms. The Kier molecular flexibility index (Phi) is 17.2. The Bertz CT molecular complexity index is 2380. The van der Waals surface area contributed by atoms with Gasteiger partial charge in [0.15, 0.2) is 0 Å². The van der Waals surface area contributed by atoms with E-state index < -0.39 is 53.4 Å². The quantitative estimate of drug-likeness (QED) is 0.121. The Labute approximate surface area is 316 Å². The van der Waals surface area contributed by atoms with E-state index in [1.165, 1.54) is 141 Å². The van der Waals surface area contributed by atoms with Crippen LogP contribution < -0.4 is 22.5 Å². The van der Waals surface area contributed by atoms with Crippen LogP contribution in [0.1, 0.15) is 32.4 Å². The van der Waals surface area contributed by atoms with Crippen molar-refractivity contribution in [1.82, 2.24) is 9.13 Å². The molecule has 0 saturated carbocycles. The van der Waals surface area contributed by atoms with Crippen LogP contribution >= 0.6 is 0 Å². The van der Waals surface area contributed by atoms with Gasteiger partial charge in [0, 0.05) is 29.5 Å². The monoisotopic (exact) mass is 780 g/mol. The van der Waals surface area contributed by atoms with Crippen molar-refractivity contribution >= 4 is 23.6 Å². The van der Waals surface area contributed by atoms with Gasteiger partial charge in [-0.1, -0.05) is 0 Å². The van der Waals surface area contributed by atoms with E-state index >= 15 is 0 Å². The molecule has 0 aliphatic carbocycles. The molecule has 0 aliphatic rings. The third-order valence-electron chi connectivity index (χ3n) is 6.75. The summed E-state index contributed by atoms with van der Waals surface area (Å²) in [6, 6.07) is 24.7. The first-order valence-corrected chi connectivity index (χ1v) is 15.5. The molecule has 0 bridgehead atoms. The van der Waals surface area contributed by atoms with Gasteiger partial charge < -0.3 is 24.7 Å². The van der Waals surface area contributed by atoms with Gasteiger partial charge in [-0.15, -0.1) is 0 Å².